The zero-order chi connectivity index (χ0) is 42.8. The summed E-state index contributed by atoms with van der Waals surface area (Å²) in [7, 11) is 6.62. The fraction of sp³-hybridized carbons (Fsp3) is 0.709. The third-order valence-electron chi connectivity index (χ3n) is 8.65. The SMILES string of the molecule is C.C.C.C.C.C.C.C.C=CCCC(CC(C)=O)OC.C=CCCCCC(CC(C)=O)OC.C=CCCCCCCC(CC(C)=O)OC.COC(CCOCc1ccccc1)CC(C)=O. The zero-order valence-electron chi connectivity index (χ0n) is 36.7. The van der Waals surface area contributed by atoms with Crippen molar-refractivity contribution >= 4 is 23.1 Å². The van der Waals surface area contributed by atoms with E-state index in [1.54, 1.807) is 56.1 Å². The quantitative estimate of drug-likeness (QED) is 0.0515. The van der Waals surface area contributed by atoms with E-state index in [0.29, 0.717) is 38.9 Å². The number of hydrogen-bond donors (Lipinski definition) is 0. The van der Waals surface area contributed by atoms with Gasteiger partial charge in [-0.3, -0.25) is 19.2 Å². The molecule has 1 aromatic carbocycles. The minimum atomic E-state index is -0.0247. The second-order valence-corrected chi connectivity index (χ2v) is 14.1. The number of unbranched alkanes of at least 4 members (excludes halogenated alkanes) is 6. The van der Waals surface area contributed by atoms with E-state index in [0.717, 1.165) is 69.8 Å². The van der Waals surface area contributed by atoms with E-state index in [2.05, 4.69) is 19.7 Å². The molecule has 0 saturated carbocycles. The Bertz CT molecular complexity index is 1120. The van der Waals surface area contributed by atoms with Crippen LogP contribution in [0.15, 0.2) is 68.3 Å². The molecule has 4 atom stereocenters. The highest BCUT2D eigenvalue weighted by Gasteiger charge is 2.11. The Kier molecular flexibility index (Phi) is 91.2. The van der Waals surface area contributed by atoms with Crippen molar-refractivity contribution in [1.82, 2.24) is 0 Å². The summed E-state index contributed by atoms with van der Waals surface area (Å²) < 4.78 is 26.3. The van der Waals surface area contributed by atoms with Crippen LogP contribution in [-0.4, -0.2) is 82.6 Å². The summed E-state index contributed by atoms with van der Waals surface area (Å²) in [6.45, 7) is 18.6. The van der Waals surface area contributed by atoms with Crippen molar-refractivity contribution in [2.24, 2.45) is 0 Å². The van der Waals surface area contributed by atoms with Gasteiger partial charge in [0.05, 0.1) is 31.0 Å². The van der Waals surface area contributed by atoms with Gasteiger partial charge in [-0.1, -0.05) is 134 Å². The largest absolute Gasteiger partial charge is 0.381 e. The summed E-state index contributed by atoms with van der Waals surface area (Å²) in [6, 6.07) is 10.0. The Balaban J connectivity index is -0.0000000631. The Labute approximate surface area is 401 Å². The van der Waals surface area contributed by atoms with Crippen LogP contribution in [0.3, 0.4) is 0 Å². The smallest absolute Gasteiger partial charge is 0.132 e. The fourth-order valence-electron chi connectivity index (χ4n) is 5.45. The Hall–Kier alpha value is -3.08. The van der Waals surface area contributed by atoms with Crippen molar-refractivity contribution in [2.75, 3.05) is 35.0 Å². The zero-order valence-corrected chi connectivity index (χ0v) is 36.7. The van der Waals surface area contributed by atoms with Crippen molar-refractivity contribution in [1.29, 1.82) is 0 Å². The number of Topliss-reactive ketones (excluding diaryl/α,β-unsaturated/α-hetero) is 4. The van der Waals surface area contributed by atoms with Crippen LogP contribution < -0.4 is 0 Å². The molecule has 64 heavy (non-hydrogen) atoms. The van der Waals surface area contributed by atoms with Crippen molar-refractivity contribution in [3.05, 3.63) is 73.9 Å². The van der Waals surface area contributed by atoms with Gasteiger partial charge in [-0.05, 0) is 91.0 Å². The topological polar surface area (TPSA) is 114 Å². The van der Waals surface area contributed by atoms with Crippen molar-refractivity contribution < 1.29 is 42.9 Å². The maximum atomic E-state index is 10.9. The predicted molar refractivity (Wildman–Crippen MR) is 285 cm³/mol. The predicted octanol–water partition coefficient (Wildman–Crippen LogP) is 15.9. The van der Waals surface area contributed by atoms with Crippen LogP contribution >= 0.6 is 0 Å². The van der Waals surface area contributed by atoms with Gasteiger partial charge in [0, 0.05) is 60.7 Å². The molecule has 0 aromatic heterocycles. The fourth-order valence-corrected chi connectivity index (χ4v) is 5.45. The molecule has 0 aliphatic heterocycles. The molecule has 0 aliphatic carbocycles. The van der Waals surface area contributed by atoms with E-state index < -0.39 is 0 Å². The van der Waals surface area contributed by atoms with Gasteiger partial charge in [-0.25, -0.2) is 0 Å². The number of rotatable bonds is 32. The second kappa shape index (κ2) is 66.5. The van der Waals surface area contributed by atoms with E-state index in [1.165, 1.54) is 19.3 Å². The summed E-state index contributed by atoms with van der Waals surface area (Å²) in [5, 5.41) is 0. The van der Waals surface area contributed by atoms with E-state index in [4.69, 9.17) is 23.7 Å². The standard InChI is InChI=1S/C14H20O3.C13H24O2.C11H20O2.C9H16O2.8CH4/c1-12(15)10-14(16-2)8-9-17-11-13-6-4-3-5-7-13;1-4-5-6-7-8-9-10-13(15-3)11-12(2)14;1-4-5-6-7-8-11(13-3)9-10(2)12;1-4-5-6-9(11-3)7-8(2)10;;;;;;;;/h3-7,14H,8-11H2,1-2H3;4,13H,1,5-11H2,2-3H3;4,11H,1,5-9H2,2-3H3;4,9H,1,5-7H2,2-3H3;8*1H4. The molecule has 9 heteroatoms. The van der Waals surface area contributed by atoms with Crippen molar-refractivity contribution in [3.63, 3.8) is 0 Å². The molecule has 0 fully saturated rings. The normalized spacial score (nSPS) is 10.9. The highest BCUT2D eigenvalue weighted by molar-refractivity contribution is 5.76. The molecule has 9 nitrogen and oxygen atoms in total. The number of methoxy groups -OCH3 is 4. The lowest BCUT2D eigenvalue weighted by Crippen LogP contribution is -2.17. The minimum Gasteiger partial charge on any atom is -0.381 e. The van der Waals surface area contributed by atoms with Gasteiger partial charge >= 0.3 is 0 Å². The van der Waals surface area contributed by atoms with Gasteiger partial charge in [-0.15, -0.1) is 19.7 Å². The molecular weight excluding hydrogens is 805 g/mol. The Morgan fingerprint density at radius 1 is 0.453 bits per heavy atom. The van der Waals surface area contributed by atoms with Gasteiger partial charge in [0.2, 0.25) is 0 Å². The lowest BCUT2D eigenvalue weighted by Gasteiger charge is -2.13. The van der Waals surface area contributed by atoms with Crippen molar-refractivity contribution in [2.45, 2.75) is 227 Å². The minimum absolute atomic E-state index is 0. The number of carbonyl (C=O) groups is 4. The molecule has 0 radical (unpaired) electrons. The average Bonchev–Trinajstić information content (AvgIpc) is 3.17. The van der Waals surface area contributed by atoms with Crippen molar-refractivity contribution in [3.8, 4) is 0 Å². The first kappa shape index (κ1) is 87.8. The van der Waals surface area contributed by atoms with Crippen LogP contribution in [0.25, 0.3) is 0 Å². The number of allylic oxidation sites excluding steroid dienone is 3. The van der Waals surface area contributed by atoms with Crippen LogP contribution in [0.5, 0.6) is 0 Å². The van der Waals surface area contributed by atoms with Gasteiger partial charge in [0.15, 0.2) is 0 Å². The van der Waals surface area contributed by atoms with Gasteiger partial charge in [0.1, 0.15) is 23.1 Å². The molecule has 1 rings (SSSR count). The maximum Gasteiger partial charge on any atom is 0.132 e. The highest BCUT2D eigenvalue weighted by atomic mass is 16.5. The molecule has 0 heterocycles. The number of carbonyl (C=O) groups excluding carboxylic acids is 4. The molecule has 0 bridgehead atoms. The third-order valence-corrected chi connectivity index (χ3v) is 8.65. The maximum absolute atomic E-state index is 10.9. The van der Waals surface area contributed by atoms with Gasteiger partial charge in [-0.2, -0.15) is 0 Å². The lowest BCUT2D eigenvalue weighted by molar-refractivity contribution is -0.120. The number of ether oxygens (including phenoxy) is 5. The van der Waals surface area contributed by atoms with E-state index in [1.807, 2.05) is 48.6 Å². The Morgan fingerprint density at radius 2 is 0.766 bits per heavy atom. The second-order valence-electron chi connectivity index (χ2n) is 14.1. The molecule has 0 aliphatic rings. The molecule has 0 amide bonds. The summed E-state index contributed by atoms with van der Waals surface area (Å²) in [5.41, 5.74) is 1.16. The molecule has 386 valence electrons. The first-order valence-electron chi connectivity index (χ1n) is 20.4. The molecule has 1 aromatic rings. The van der Waals surface area contributed by atoms with E-state index in [9.17, 15) is 19.2 Å². The molecular formula is C55H112O9. The monoisotopic (exact) mass is 917 g/mol. The van der Waals surface area contributed by atoms with Gasteiger partial charge in [0.25, 0.3) is 0 Å². The molecule has 0 saturated heterocycles. The lowest BCUT2D eigenvalue weighted by atomic mass is 10.0. The summed E-state index contributed by atoms with van der Waals surface area (Å²) in [5.74, 6) is 0.755. The van der Waals surface area contributed by atoms with E-state index in [-0.39, 0.29) is 107 Å². The van der Waals surface area contributed by atoms with E-state index >= 15 is 0 Å². The highest BCUT2D eigenvalue weighted by Crippen LogP contribution is 2.13. The summed E-state index contributed by atoms with van der Waals surface area (Å²) in [4.78, 5) is 43.3. The van der Waals surface area contributed by atoms with Crippen LogP contribution in [-0.2, 0) is 49.5 Å². The number of benzene rings is 1. The summed E-state index contributed by atoms with van der Waals surface area (Å²) in [6.07, 6.45) is 21.9. The molecule has 0 spiro atoms. The third kappa shape index (κ3) is 68.0. The molecule has 4 unspecified atom stereocenters. The van der Waals surface area contributed by atoms with Crippen LogP contribution in [0.1, 0.15) is 202 Å². The molecule has 0 N–H and O–H groups in total. The van der Waals surface area contributed by atoms with Crippen LogP contribution in [0, 0.1) is 0 Å². The van der Waals surface area contributed by atoms with Crippen LogP contribution in [0.2, 0.25) is 0 Å². The first-order chi connectivity index (χ1) is 26.8. The average molecular weight is 917 g/mol. The Morgan fingerprint density at radius 3 is 1.11 bits per heavy atom. The summed E-state index contributed by atoms with van der Waals surface area (Å²) >= 11 is 0. The number of ketones is 4. The first-order valence-corrected chi connectivity index (χ1v) is 20.4. The van der Waals surface area contributed by atoms with Gasteiger partial charge < -0.3 is 23.7 Å². The van der Waals surface area contributed by atoms with Crippen LogP contribution in [0.4, 0.5) is 0 Å². The number of hydrogen-bond acceptors (Lipinski definition) is 9.